The lowest BCUT2D eigenvalue weighted by molar-refractivity contribution is -0.118. The van der Waals surface area contributed by atoms with E-state index in [4.69, 9.17) is 4.74 Å². The third kappa shape index (κ3) is 2.99. The van der Waals surface area contributed by atoms with Crippen LogP contribution in [0.5, 0.6) is 5.75 Å². The number of rotatable bonds is 3. The fourth-order valence-corrected chi connectivity index (χ4v) is 3.15. The van der Waals surface area contributed by atoms with Gasteiger partial charge in [-0.25, -0.2) is 0 Å². The van der Waals surface area contributed by atoms with E-state index in [1.54, 1.807) is 0 Å². The Morgan fingerprint density at radius 1 is 1.12 bits per heavy atom. The number of hydrogen-bond acceptors (Lipinski definition) is 3. The summed E-state index contributed by atoms with van der Waals surface area (Å²) in [6.07, 6.45) is 0. The Bertz CT molecular complexity index is 1010. The molecule has 1 aliphatic rings. The summed E-state index contributed by atoms with van der Waals surface area (Å²) < 4.78 is 5.37. The molecule has 1 unspecified atom stereocenters. The summed E-state index contributed by atoms with van der Waals surface area (Å²) in [5, 5.41) is 7.77. The van der Waals surface area contributed by atoms with E-state index < -0.39 is 0 Å². The van der Waals surface area contributed by atoms with Gasteiger partial charge in [0.05, 0.1) is 11.7 Å². The van der Waals surface area contributed by atoms with Gasteiger partial charge in [-0.15, -0.1) is 0 Å². The standard InChI is InChI=1S/C21H18N2O3/c1-13(15-9-10-19-18(11-15)23-20(24)12-26-19)22-21(25)17-8-4-6-14-5-2-3-7-16(14)17/h2-11,13H,12H2,1H3,(H,22,25)(H,23,24). The van der Waals surface area contributed by atoms with E-state index in [1.807, 2.05) is 67.6 Å². The van der Waals surface area contributed by atoms with Gasteiger partial charge in [0, 0.05) is 5.56 Å². The van der Waals surface area contributed by atoms with Crippen LogP contribution in [0.4, 0.5) is 5.69 Å². The maximum atomic E-state index is 12.8. The van der Waals surface area contributed by atoms with Gasteiger partial charge in [0.2, 0.25) is 0 Å². The fraction of sp³-hybridized carbons (Fsp3) is 0.143. The molecule has 3 aromatic rings. The van der Waals surface area contributed by atoms with Gasteiger partial charge in [-0.05, 0) is 41.5 Å². The summed E-state index contributed by atoms with van der Waals surface area (Å²) in [4.78, 5) is 24.3. The van der Waals surface area contributed by atoms with Crippen LogP contribution in [0.2, 0.25) is 0 Å². The topological polar surface area (TPSA) is 67.4 Å². The molecule has 2 amide bonds. The fourth-order valence-electron chi connectivity index (χ4n) is 3.15. The molecule has 1 heterocycles. The summed E-state index contributed by atoms with van der Waals surface area (Å²) in [6.45, 7) is 1.94. The van der Waals surface area contributed by atoms with Crippen molar-refractivity contribution in [2.75, 3.05) is 11.9 Å². The minimum Gasteiger partial charge on any atom is -0.482 e. The molecule has 0 radical (unpaired) electrons. The second kappa shape index (κ2) is 6.52. The van der Waals surface area contributed by atoms with Crippen LogP contribution in [0.15, 0.2) is 60.7 Å². The second-order valence-electron chi connectivity index (χ2n) is 6.31. The van der Waals surface area contributed by atoms with Crippen molar-refractivity contribution >= 4 is 28.3 Å². The maximum absolute atomic E-state index is 12.8. The zero-order valence-corrected chi connectivity index (χ0v) is 14.3. The molecule has 3 aromatic carbocycles. The van der Waals surface area contributed by atoms with Crippen molar-refractivity contribution in [1.29, 1.82) is 0 Å². The van der Waals surface area contributed by atoms with Crippen molar-refractivity contribution < 1.29 is 14.3 Å². The van der Waals surface area contributed by atoms with Crippen molar-refractivity contribution in [3.05, 3.63) is 71.8 Å². The number of ether oxygens (including phenoxy) is 1. The molecule has 1 aliphatic heterocycles. The normalized spacial score (nSPS) is 14.1. The summed E-state index contributed by atoms with van der Waals surface area (Å²) in [5.41, 5.74) is 2.16. The van der Waals surface area contributed by atoms with E-state index in [2.05, 4.69) is 10.6 Å². The minimum atomic E-state index is -0.217. The molecule has 0 saturated carbocycles. The van der Waals surface area contributed by atoms with Crippen LogP contribution in [-0.2, 0) is 4.79 Å². The van der Waals surface area contributed by atoms with Gasteiger partial charge >= 0.3 is 0 Å². The van der Waals surface area contributed by atoms with Crippen molar-refractivity contribution in [3.63, 3.8) is 0 Å². The highest BCUT2D eigenvalue weighted by Crippen LogP contribution is 2.30. The summed E-state index contributed by atoms with van der Waals surface area (Å²) in [5.74, 6) is 0.329. The smallest absolute Gasteiger partial charge is 0.262 e. The minimum absolute atomic E-state index is 0.0275. The lowest BCUT2D eigenvalue weighted by atomic mass is 10.0. The van der Waals surface area contributed by atoms with Crippen LogP contribution in [0.25, 0.3) is 10.8 Å². The van der Waals surface area contributed by atoms with Gasteiger partial charge in [-0.3, -0.25) is 9.59 Å². The zero-order chi connectivity index (χ0) is 18.1. The number of fused-ring (bicyclic) bond motifs is 2. The van der Waals surface area contributed by atoms with Gasteiger partial charge in [0.15, 0.2) is 6.61 Å². The van der Waals surface area contributed by atoms with Crippen molar-refractivity contribution in [2.45, 2.75) is 13.0 Å². The number of amides is 2. The molecular formula is C21H18N2O3. The quantitative estimate of drug-likeness (QED) is 0.760. The molecule has 0 fully saturated rings. The molecule has 5 nitrogen and oxygen atoms in total. The van der Waals surface area contributed by atoms with Crippen molar-refractivity contribution in [3.8, 4) is 5.75 Å². The van der Waals surface area contributed by atoms with E-state index >= 15 is 0 Å². The summed E-state index contributed by atoms with van der Waals surface area (Å²) >= 11 is 0. The highest BCUT2D eigenvalue weighted by molar-refractivity contribution is 6.07. The molecule has 26 heavy (non-hydrogen) atoms. The largest absolute Gasteiger partial charge is 0.482 e. The molecule has 0 aliphatic carbocycles. The molecule has 0 bridgehead atoms. The molecule has 5 heteroatoms. The van der Waals surface area contributed by atoms with Crippen LogP contribution >= 0.6 is 0 Å². The third-order valence-electron chi connectivity index (χ3n) is 4.52. The van der Waals surface area contributed by atoms with Gasteiger partial charge in [0.25, 0.3) is 11.8 Å². The van der Waals surface area contributed by atoms with Crippen molar-refractivity contribution in [1.82, 2.24) is 5.32 Å². The maximum Gasteiger partial charge on any atom is 0.262 e. The number of carbonyl (C=O) groups excluding carboxylic acids is 2. The Kier molecular flexibility index (Phi) is 4.05. The first-order valence-corrected chi connectivity index (χ1v) is 8.47. The first kappa shape index (κ1) is 16.1. The number of anilines is 1. The Labute approximate surface area is 151 Å². The summed E-state index contributed by atoms with van der Waals surface area (Å²) in [6, 6.07) is 18.8. The first-order chi connectivity index (χ1) is 12.6. The summed E-state index contributed by atoms with van der Waals surface area (Å²) in [7, 11) is 0. The van der Waals surface area contributed by atoms with Crippen LogP contribution < -0.4 is 15.4 Å². The number of benzene rings is 3. The van der Waals surface area contributed by atoms with E-state index in [1.165, 1.54) is 0 Å². The Morgan fingerprint density at radius 3 is 2.81 bits per heavy atom. The zero-order valence-electron chi connectivity index (χ0n) is 14.3. The van der Waals surface area contributed by atoms with Gasteiger partial charge < -0.3 is 15.4 Å². The molecule has 130 valence electrons. The predicted octanol–water partition coefficient (Wildman–Crippen LogP) is 3.66. The monoisotopic (exact) mass is 346 g/mol. The van der Waals surface area contributed by atoms with E-state index in [0.717, 1.165) is 16.3 Å². The third-order valence-corrected chi connectivity index (χ3v) is 4.52. The molecule has 1 atom stereocenters. The number of hydrogen-bond donors (Lipinski definition) is 2. The average Bonchev–Trinajstić information content (AvgIpc) is 2.66. The van der Waals surface area contributed by atoms with Crippen molar-refractivity contribution in [2.24, 2.45) is 0 Å². The van der Waals surface area contributed by atoms with Crippen LogP contribution in [-0.4, -0.2) is 18.4 Å². The number of carbonyl (C=O) groups is 2. The Morgan fingerprint density at radius 2 is 1.92 bits per heavy atom. The lowest BCUT2D eigenvalue weighted by Gasteiger charge is -2.21. The highest BCUT2D eigenvalue weighted by Gasteiger charge is 2.19. The number of nitrogens with one attached hydrogen (secondary N) is 2. The molecule has 0 aromatic heterocycles. The van der Waals surface area contributed by atoms with Gasteiger partial charge in [0.1, 0.15) is 5.75 Å². The lowest BCUT2D eigenvalue weighted by Crippen LogP contribution is -2.28. The van der Waals surface area contributed by atoms with E-state index in [-0.39, 0.29) is 24.5 Å². The van der Waals surface area contributed by atoms with Crippen LogP contribution in [0, 0.1) is 0 Å². The first-order valence-electron chi connectivity index (χ1n) is 8.47. The molecule has 0 spiro atoms. The van der Waals surface area contributed by atoms with E-state index in [9.17, 15) is 9.59 Å². The molecule has 4 rings (SSSR count). The highest BCUT2D eigenvalue weighted by atomic mass is 16.5. The van der Waals surface area contributed by atoms with E-state index in [0.29, 0.717) is 17.0 Å². The molecule has 0 saturated heterocycles. The molecular weight excluding hydrogens is 328 g/mol. The second-order valence-corrected chi connectivity index (χ2v) is 6.31. The van der Waals surface area contributed by atoms with Gasteiger partial charge in [-0.2, -0.15) is 0 Å². The Balaban J connectivity index is 1.58. The SMILES string of the molecule is CC(NC(=O)c1cccc2ccccc12)c1ccc2c(c1)NC(=O)CO2. The van der Waals surface area contributed by atoms with Crippen LogP contribution in [0.3, 0.4) is 0 Å². The molecule has 2 N–H and O–H groups in total. The Hall–Kier alpha value is -3.34. The average molecular weight is 346 g/mol. The predicted molar refractivity (Wildman–Crippen MR) is 100 cm³/mol. The van der Waals surface area contributed by atoms with Crippen LogP contribution in [0.1, 0.15) is 28.9 Å². The van der Waals surface area contributed by atoms with Gasteiger partial charge in [-0.1, -0.05) is 42.5 Å².